The molecule has 0 heterocycles. The van der Waals surface area contributed by atoms with E-state index in [1.54, 1.807) is 18.2 Å². The molecule has 5 heteroatoms. The molecule has 66 valence electrons. The number of halogens is 1. The molecule has 0 unspecified atom stereocenters. The Morgan fingerprint density at radius 1 is 1.54 bits per heavy atom. The largest absolute Gasteiger partial charge is 0.294 e. The van der Waals surface area contributed by atoms with Crippen LogP contribution in [0.5, 0.6) is 0 Å². The van der Waals surface area contributed by atoms with Gasteiger partial charge in [-0.05, 0) is 11.6 Å². The van der Waals surface area contributed by atoms with Gasteiger partial charge in [0, 0.05) is 14.9 Å². The van der Waals surface area contributed by atoms with Crippen molar-refractivity contribution in [3.63, 3.8) is 0 Å². The van der Waals surface area contributed by atoms with Crippen molar-refractivity contribution in [1.29, 1.82) is 0 Å². The number of hydrogen-bond acceptors (Lipinski definition) is 2. The molecule has 0 aliphatic carbocycles. The van der Waals surface area contributed by atoms with Gasteiger partial charge in [-0.1, -0.05) is 39.2 Å². The van der Waals surface area contributed by atoms with Crippen LogP contribution in [0.3, 0.4) is 0 Å². The van der Waals surface area contributed by atoms with E-state index in [1.807, 2.05) is 6.07 Å². The number of carbonyl (C=O) groups is 1. The van der Waals surface area contributed by atoms with E-state index in [9.17, 15) is 4.79 Å². The average molecular weight is 240 g/mol. The van der Waals surface area contributed by atoms with Gasteiger partial charge in [0.05, 0.1) is 6.54 Å². The molecule has 0 fully saturated rings. The molecule has 0 aliphatic rings. The molecule has 0 saturated heterocycles. The summed E-state index contributed by atoms with van der Waals surface area (Å²) in [7, 11) is 0. The van der Waals surface area contributed by atoms with E-state index in [0.29, 0.717) is 10.0 Å². The Kier molecular flexibility index (Phi) is 3.49. The SMILES string of the molecule is [N-]=[N+]=NCC(=O)c1ccccc1Br. The second-order valence-electron chi connectivity index (χ2n) is 2.29. The molecule has 1 aromatic carbocycles. The molecule has 0 spiro atoms. The van der Waals surface area contributed by atoms with E-state index in [0.717, 1.165) is 0 Å². The van der Waals surface area contributed by atoms with Crippen LogP contribution in [0, 0.1) is 0 Å². The topological polar surface area (TPSA) is 65.8 Å². The predicted octanol–water partition coefficient (Wildman–Crippen LogP) is 2.94. The van der Waals surface area contributed by atoms with Crippen LogP contribution in [0.4, 0.5) is 0 Å². The molecule has 0 saturated carbocycles. The Morgan fingerprint density at radius 3 is 2.85 bits per heavy atom. The normalized spacial score (nSPS) is 9.00. The summed E-state index contributed by atoms with van der Waals surface area (Å²) in [5, 5.41) is 3.20. The fraction of sp³-hybridized carbons (Fsp3) is 0.125. The lowest BCUT2D eigenvalue weighted by molar-refractivity contribution is 0.100. The molecular weight excluding hydrogens is 234 g/mol. The Balaban J connectivity index is 2.88. The molecule has 0 bridgehead atoms. The molecule has 0 amide bonds. The monoisotopic (exact) mass is 239 g/mol. The van der Waals surface area contributed by atoms with E-state index in [1.165, 1.54) is 0 Å². The maximum Gasteiger partial charge on any atom is 0.169 e. The minimum atomic E-state index is -0.190. The summed E-state index contributed by atoms with van der Waals surface area (Å²) >= 11 is 3.23. The van der Waals surface area contributed by atoms with Crippen molar-refractivity contribution in [3.05, 3.63) is 44.7 Å². The van der Waals surface area contributed by atoms with Crippen molar-refractivity contribution >= 4 is 21.7 Å². The number of azide groups is 1. The third kappa shape index (κ3) is 2.57. The lowest BCUT2D eigenvalue weighted by atomic mass is 10.1. The van der Waals surface area contributed by atoms with Gasteiger partial charge in [0.15, 0.2) is 5.78 Å². The average Bonchev–Trinajstić information content (AvgIpc) is 2.15. The second kappa shape index (κ2) is 4.64. The fourth-order valence-corrected chi connectivity index (χ4v) is 1.37. The third-order valence-corrected chi connectivity index (χ3v) is 2.14. The Labute approximate surface area is 83.3 Å². The highest BCUT2D eigenvalue weighted by Crippen LogP contribution is 2.16. The summed E-state index contributed by atoms with van der Waals surface area (Å²) in [5.41, 5.74) is 8.56. The zero-order valence-electron chi connectivity index (χ0n) is 6.64. The smallest absolute Gasteiger partial charge is 0.169 e. The lowest BCUT2D eigenvalue weighted by Gasteiger charge is -1.98. The summed E-state index contributed by atoms with van der Waals surface area (Å²) in [4.78, 5) is 13.8. The maximum absolute atomic E-state index is 11.3. The minimum absolute atomic E-state index is 0.140. The van der Waals surface area contributed by atoms with Crippen molar-refractivity contribution in [2.75, 3.05) is 6.54 Å². The van der Waals surface area contributed by atoms with Crippen LogP contribution >= 0.6 is 15.9 Å². The van der Waals surface area contributed by atoms with E-state index in [4.69, 9.17) is 5.53 Å². The van der Waals surface area contributed by atoms with Gasteiger partial charge in [0.25, 0.3) is 0 Å². The summed E-state index contributed by atoms with van der Waals surface area (Å²) in [6, 6.07) is 7.02. The maximum atomic E-state index is 11.3. The number of carbonyl (C=O) groups excluding carboxylic acids is 1. The molecule has 1 aromatic rings. The number of hydrogen-bond donors (Lipinski definition) is 0. The third-order valence-electron chi connectivity index (χ3n) is 1.45. The standard InChI is InChI=1S/C8H6BrN3O/c9-7-4-2-1-3-6(7)8(13)5-11-12-10/h1-4H,5H2. The fourth-order valence-electron chi connectivity index (χ4n) is 0.868. The highest BCUT2D eigenvalue weighted by Gasteiger charge is 2.06. The number of ketones is 1. The van der Waals surface area contributed by atoms with Crippen molar-refractivity contribution < 1.29 is 4.79 Å². The van der Waals surface area contributed by atoms with Crippen LogP contribution < -0.4 is 0 Å². The van der Waals surface area contributed by atoms with Crippen molar-refractivity contribution in [2.24, 2.45) is 5.11 Å². The molecule has 1 rings (SSSR count). The summed E-state index contributed by atoms with van der Waals surface area (Å²) in [6.07, 6.45) is 0. The highest BCUT2D eigenvalue weighted by atomic mass is 79.9. The van der Waals surface area contributed by atoms with Gasteiger partial charge in [-0.15, -0.1) is 0 Å². The van der Waals surface area contributed by atoms with Crippen LogP contribution in [0.25, 0.3) is 10.4 Å². The zero-order chi connectivity index (χ0) is 9.68. The van der Waals surface area contributed by atoms with Gasteiger partial charge >= 0.3 is 0 Å². The van der Waals surface area contributed by atoms with Gasteiger partial charge in [0.1, 0.15) is 0 Å². The van der Waals surface area contributed by atoms with Gasteiger partial charge in [-0.25, -0.2) is 0 Å². The summed E-state index contributed by atoms with van der Waals surface area (Å²) < 4.78 is 0.716. The minimum Gasteiger partial charge on any atom is -0.294 e. The number of Topliss-reactive ketones (excluding diaryl/α,β-unsaturated/α-hetero) is 1. The van der Waals surface area contributed by atoms with Crippen molar-refractivity contribution in [3.8, 4) is 0 Å². The lowest BCUT2D eigenvalue weighted by Crippen LogP contribution is -2.03. The first-order valence-corrected chi connectivity index (χ1v) is 4.33. The quantitative estimate of drug-likeness (QED) is 0.346. The summed E-state index contributed by atoms with van der Waals surface area (Å²) in [5.74, 6) is -0.190. The molecule has 0 radical (unpaired) electrons. The van der Waals surface area contributed by atoms with Crippen LogP contribution in [-0.2, 0) is 0 Å². The van der Waals surface area contributed by atoms with E-state index >= 15 is 0 Å². The predicted molar refractivity (Wildman–Crippen MR) is 52.5 cm³/mol. The molecule has 13 heavy (non-hydrogen) atoms. The van der Waals surface area contributed by atoms with Crippen LogP contribution in [0.1, 0.15) is 10.4 Å². The van der Waals surface area contributed by atoms with Gasteiger partial charge in [0.2, 0.25) is 0 Å². The Hall–Kier alpha value is -1.32. The first kappa shape index (κ1) is 9.77. The molecule has 0 N–H and O–H groups in total. The van der Waals surface area contributed by atoms with Crippen LogP contribution in [0.2, 0.25) is 0 Å². The van der Waals surface area contributed by atoms with E-state index in [-0.39, 0.29) is 12.3 Å². The molecule has 0 aromatic heterocycles. The van der Waals surface area contributed by atoms with Crippen LogP contribution in [0.15, 0.2) is 33.9 Å². The van der Waals surface area contributed by atoms with Crippen LogP contribution in [-0.4, -0.2) is 12.3 Å². The Morgan fingerprint density at radius 2 is 2.23 bits per heavy atom. The molecule has 0 aliphatic heterocycles. The van der Waals surface area contributed by atoms with Crippen molar-refractivity contribution in [1.82, 2.24) is 0 Å². The van der Waals surface area contributed by atoms with E-state index < -0.39 is 0 Å². The van der Waals surface area contributed by atoms with Gasteiger partial charge in [-0.3, -0.25) is 4.79 Å². The molecule has 4 nitrogen and oxygen atoms in total. The van der Waals surface area contributed by atoms with E-state index in [2.05, 4.69) is 26.0 Å². The Bertz CT molecular complexity index is 371. The number of rotatable bonds is 3. The van der Waals surface area contributed by atoms with Crippen molar-refractivity contribution in [2.45, 2.75) is 0 Å². The van der Waals surface area contributed by atoms with Gasteiger partial charge < -0.3 is 0 Å². The summed E-state index contributed by atoms with van der Waals surface area (Å²) in [6.45, 7) is -0.140. The zero-order valence-corrected chi connectivity index (χ0v) is 8.23. The second-order valence-corrected chi connectivity index (χ2v) is 3.15. The molecule has 0 atom stereocenters. The first-order valence-electron chi connectivity index (χ1n) is 3.54. The van der Waals surface area contributed by atoms with Gasteiger partial charge in [-0.2, -0.15) is 0 Å². The highest BCUT2D eigenvalue weighted by molar-refractivity contribution is 9.10. The number of nitrogens with zero attached hydrogens (tertiary/aromatic N) is 3. The molecular formula is C8H6BrN3O. The number of benzene rings is 1. The first-order chi connectivity index (χ1) is 6.25.